The summed E-state index contributed by atoms with van der Waals surface area (Å²) >= 11 is 5.17. The Labute approximate surface area is 80.0 Å². The summed E-state index contributed by atoms with van der Waals surface area (Å²) in [6, 6.07) is 0. The fraction of sp³-hybridized carbons (Fsp3) is 0.625. The summed E-state index contributed by atoms with van der Waals surface area (Å²) in [5.74, 6) is 0.747. The molecular weight excluding hydrogens is 222 g/mol. The van der Waals surface area contributed by atoms with E-state index in [2.05, 4.69) is 33.2 Å². The van der Waals surface area contributed by atoms with Gasteiger partial charge in [-0.05, 0) is 12.3 Å². The molecule has 11 heavy (non-hydrogen) atoms. The average Bonchev–Trinajstić information content (AvgIpc) is 2.52. The van der Waals surface area contributed by atoms with Crippen LogP contribution < -0.4 is 0 Å². The molecule has 1 heterocycles. The number of hydrogen-bond acceptors (Lipinski definition) is 2. The number of aromatic nitrogens is 1. The van der Waals surface area contributed by atoms with E-state index in [1.807, 2.05) is 5.51 Å². The predicted molar refractivity (Wildman–Crippen MR) is 53.4 cm³/mol. The minimum absolute atomic E-state index is 0.747. The Morgan fingerprint density at radius 1 is 1.73 bits per heavy atom. The van der Waals surface area contributed by atoms with Crippen LogP contribution in [0.1, 0.15) is 19.0 Å². The summed E-state index contributed by atoms with van der Waals surface area (Å²) in [6.07, 6.45) is 2.34. The van der Waals surface area contributed by atoms with Crippen LogP contribution in [0.15, 0.2) is 10.9 Å². The lowest BCUT2D eigenvalue weighted by molar-refractivity contribution is 0.567. The normalized spacial score (nSPS) is 13.3. The van der Waals surface area contributed by atoms with Crippen molar-refractivity contribution in [2.45, 2.75) is 19.8 Å². The molecular formula is C8H12BrNS. The summed E-state index contributed by atoms with van der Waals surface area (Å²) in [7, 11) is 0. The number of alkyl halides is 1. The number of halogens is 1. The largest absolute Gasteiger partial charge is 0.250 e. The van der Waals surface area contributed by atoms with Crippen LogP contribution >= 0.6 is 27.3 Å². The molecule has 0 N–H and O–H groups in total. The quantitative estimate of drug-likeness (QED) is 0.729. The molecule has 1 atom stereocenters. The fourth-order valence-electron chi connectivity index (χ4n) is 0.942. The highest BCUT2D eigenvalue weighted by atomic mass is 79.9. The lowest BCUT2D eigenvalue weighted by Crippen LogP contribution is -2.04. The zero-order chi connectivity index (χ0) is 8.10. The van der Waals surface area contributed by atoms with Gasteiger partial charge in [0.15, 0.2) is 0 Å². The summed E-state index contributed by atoms with van der Waals surface area (Å²) in [6.45, 7) is 2.22. The molecule has 3 heteroatoms. The highest BCUT2D eigenvalue weighted by Gasteiger charge is 2.06. The van der Waals surface area contributed by atoms with E-state index in [-0.39, 0.29) is 0 Å². The average molecular weight is 234 g/mol. The van der Waals surface area contributed by atoms with E-state index in [4.69, 9.17) is 0 Å². The van der Waals surface area contributed by atoms with Gasteiger partial charge >= 0.3 is 0 Å². The number of rotatable bonds is 4. The molecule has 0 saturated carbocycles. The van der Waals surface area contributed by atoms with E-state index in [0.29, 0.717) is 0 Å². The van der Waals surface area contributed by atoms with Gasteiger partial charge in [0.2, 0.25) is 0 Å². The molecule has 1 nitrogen and oxygen atoms in total. The van der Waals surface area contributed by atoms with Crippen molar-refractivity contribution in [1.82, 2.24) is 4.98 Å². The van der Waals surface area contributed by atoms with E-state index in [9.17, 15) is 0 Å². The monoisotopic (exact) mass is 233 g/mol. The van der Waals surface area contributed by atoms with Crippen LogP contribution in [0.3, 0.4) is 0 Å². The van der Waals surface area contributed by atoms with Gasteiger partial charge in [0.25, 0.3) is 0 Å². The van der Waals surface area contributed by atoms with E-state index < -0.39 is 0 Å². The molecule has 0 fully saturated rings. The molecule has 1 rings (SSSR count). The second kappa shape index (κ2) is 4.88. The van der Waals surface area contributed by atoms with E-state index in [0.717, 1.165) is 17.7 Å². The van der Waals surface area contributed by atoms with Gasteiger partial charge < -0.3 is 0 Å². The zero-order valence-corrected chi connectivity index (χ0v) is 8.99. The van der Waals surface area contributed by atoms with Gasteiger partial charge in [-0.3, -0.25) is 0 Å². The van der Waals surface area contributed by atoms with Crippen molar-refractivity contribution < 1.29 is 0 Å². The standard InChI is InChI=1S/C8H12BrNS/c1-2-7(4-9)3-8-5-11-6-10-8/h5-7H,2-4H2,1H3. The Morgan fingerprint density at radius 2 is 2.55 bits per heavy atom. The summed E-state index contributed by atoms with van der Waals surface area (Å²) < 4.78 is 0. The van der Waals surface area contributed by atoms with Gasteiger partial charge in [-0.2, -0.15) is 0 Å². The minimum Gasteiger partial charge on any atom is -0.250 e. The van der Waals surface area contributed by atoms with Crippen molar-refractivity contribution in [2.75, 3.05) is 5.33 Å². The summed E-state index contributed by atoms with van der Waals surface area (Å²) in [5, 5.41) is 3.21. The second-order valence-corrected chi connectivity index (χ2v) is 3.98. The first kappa shape index (κ1) is 9.20. The van der Waals surface area contributed by atoms with Crippen molar-refractivity contribution in [3.63, 3.8) is 0 Å². The summed E-state index contributed by atoms with van der Waals surface area (Å²) in [4.78, 5) is 4.25. The van der Waals surface area contributed by atoms with Crippen LogP contribution in [-0.2, 0) is 6.42 Å². The minimum atomic E-state index is 0.747. The van der Waals surface area contributed by atoms with Crippen LogP contribution in [0.25, 0.3) is 0 Å². The lowest BCUT2D eigenvalue weighted by Gasteiger charge is -2.07. The molecule has 0 radical (unpaired) electrons. The van der Waals surface area contributed by atoms with Gasteiger partial charge in [0.1, 0.15) is 0 Å². The van der Waals surface area contributed by atoms with Crippen molar-refractivity contribution in [3.05, 3.63) is 16.6 Å². The van der Waals surface area contributed by atoms with Crippen molar-refractivity contribution in [1.29, 1.82) is 0 Å². The highest BCUT2D eigenvalue weighted by molar-refractivity contribution is 9.09. The number of nitrogens with zero attached hydrogens (tertiary/aromatic N) is 1. The van der Waals surface area contributed by atoms with Crippen molar-refractivity contribution in [3.8, 4) is 0 Å². The van der Waals surface area contributed by atoms with Crippen LogP contribution in [0.2, 0.25) is 0 Å². The van der Waals surface area contributed by atoms with Gasteiger partial charge in [0, 0.05) is 10.7 Å². The van der Waals surface area contributed by atoms with Crippen LogP contribution in [0.5, 0.6) is 0 Å². The molecule has 1 unspecified atom stereocenters. The molecule has 0 aromatic carbocycles. The molecule has 0 saturated heterocycles. The molecule has 0 aliphatic carbocycles. The van der Waals surface area contributed by atoms with Crippen LogP contribution in [0, 0.1) is 5.92 Å². The van der Waals surface area contributed by atoms with Crippen LogP contribution in [0.4, 0.5) is 0 Å². The number of thiazole rings is 1. The lowest BCUT2D eigenvalue weighted by atomic mass is 10.0. The molecule has 62 valence electrons. The third-order valence-corrected chi connectivity index (χ3v) is 3.33. The molecule has 1 aromatic rings. The van der Waals surface area contributed by atoms with E-state index in [1.54, 1.807) is 11.3 Å². The maximum Gasteiger partial charge on any atom is 0.0794 e. The molecule has 0 amide bonds. The molecule has 0 spiro atoms. The Hall–Kier alpha value is 0.110. The third-order valence-electron chi connectivity index (χ3n) is 1.78. The number of hydrogen-bond donors (Lipinski definition) is 0. The molecule has 0 bridgehead atoms. The maximum absolute atomic E-state index is 4.25. The molecule has 0 aliphatic heterocycles. The zero-order valence-electron chi connectivity index (χ0n) is 6.59. The maximum atomic E-state index is 4.25. The topological polar surface area (TPSA) is 12.9 Å². The smallest absolute Gasteiger partial charge is 0.0794 e. The second-order valence-electron chi connectivity index (χ2n) is 2.61. The Bertz CT molecular complexity index is 182. The Balaban J connectivity index is 2.41. The first-order chi connectivity index (χ1) is 5.36. The van der Waals surface area contributed by atoms with Crippen LogP contribution in [-0.4, -0.2) is 10.3 Å². The third kappa shape index (κ3) is 2.91. The first-order valence-electron chi connectivity index (χ1n) is 3.79. The van der Waals surface area contributed by atoms with Crippen molar-refractivity contribution in [2.24, 2.45) is 5.92 Å². The Morgan fingerprint density at radius 3 is 3.00 bits per heavy atom. The predicted octanol–water partition coefficient (Wildman–Crippen LogP) is 3.11. The SMILES string of the molecule is CCC(CBr)Cc1cscn1. The van der Waals surface area contributed by atoms with Gasteiger partial charge in [-0.25, -0.2) is 4.98 Å². The molecule has 1 aromatic heterocycles. The highest BCUT2D eigenvalue weighted by Crippen LogP contribution is 2.14. The first-order valence-corrected chi connectivity index (χ1v) is 5.86. The van der Waals surface area contributed by atoms with Gasteiger partial charge in [0.05, 0.1) is 11.2 Å². The fourth-order valence-corrected chi connectivity index (χ4v) is 2.20. The summed E-state index contributed by atoms with van der Waals surface area (Å²) in [5.41, 5.74) is 3.14. The van der Waals surface area contributed by atoms with Gasteiger partial charge in [-0.1, -0.05) is 29.3 Å². The van der Waals surface area contributed by atoms with Crippen molar-refractivity contribution >= 4 is 27.3 Å². The van der Waals surface area contributed by atoms with E-state index in [1.165, 1.54) is 12.1 Å². The Kier molecular flexibility index (Phi) is 4.08. The van der Waals surface area contributed by atoms with Gasteiger partial charge in [-0.15, -0.1) is 11.3 Å². The molecule has 0 aliphatic rings. The van der Waals surface area contributed by atoms with E-state index >= 15 is 0 Å².